The summed E-state index contributed by atoms with van der Waals surface area (Å²) in [5.74, 6) is 0.930. The number of nitrogens with one attached hydrogen (secondary N) is 1. The Morgan fingerprint density at radius 3 is 2.92 bits per heavy atom. The van der Waals surface area contributed by atoms with Gasteiger partial charge < -0.3 is 10.4 Å². The van der Waals surface area contributed by atoms with Gasteiger partial charge in [-0.3, -0.25) is 0 Å². The molecular formula is C11H15NO. The highest BCUT2D eigenvalue weighted by molar-refractivity contribution is 5.58. The molecule has 1 aromatic rings. The van der Waals surface area contributed by atoms with E-state index in [-0.39, 0.29) is 0 Å². The van der Waals surface area contributed by atoms with Crippen molar-refractivity contribution in [2.75, 3.05) is 5.32 Å². The van der Waals surface area contributed by atoms with Crippen molar-refractivity contribution in [1.82, 2.24) is 0 Å². The normalized spacial score (nSPS) is 26.3. The van der Waals surface area contributed by atoms with Gasteiger partial charge in [-0.1, -0.05) is 13.0 Å². The number of fused-ring (bicyclic) bond motifs is 1. The lowest BCUT2D eigenvalue weighted by Crippen LogP contribution is -2.23. The van der Waals surface area contributed by atoms with Gasteiger partial charge in [0.15, 0.2) is 0 Å². The Balaban J connectivity index is 2.43. The van der Waals surface area contributed by atoms with Crippen LogP contribution in [0.4, 0.5) is 5.69 Å². The van der Waals surface area contributed by atoms with E-state index in [2.05, 4.69) is 19.2 Å². The van der Waals surface area contributed by atoms with Gasteiger partial charge >= 0.3 is 0 Å². The van der Waals surface area contributed by atoms with Crippen molar-refractivity contribution in [3.63, 3.8) is 0 Å². The minimum atomic E-state index is 0.340. The van der Waals surface area contributed by atoms with E-state index < -0.39 is 0 Å². The van der Waals surface area contributed by atoms with Crippen molar-refractivity contribution in [1.29, 1.82) is 0 Å². The summed E-state index contributed by atoms with van der Waals surface area (Å²) in [6.45, 7) is 4.40. The van der Waals surface area contributed by atoms with Crippen molar-refractivity contribution in [2.24, 2.45) is 0 Å². The zero-order chi connectivity index (χ0) is 9.42. The number of benzene rings is 1. The topological polar surface area (TPSA) is 32.3 Å². The third kappa shape index (κ3) is 1.48. The smallest absolute Gasteiger partial charge is 0.117 e. The van der Waals surface area contributed by atoms with E-state index in [9.17, 15) is 5.11 Å². The van der Waals surface area contributed by atoms with E-state index in [0.29, 0.717) is 17.7 Å². The highest BCUT2D eigenvalue weighted by Gasteiger charge is 2.20. The Morgan fingerprint density at radius 2 is 2.15 bits per heavy atom. The summed E-state index contributed by atoms with van der Waals surface area (Å²) >= 11 is 0. The maximum absolute atomic E-state index is 9.32. The SMILES string of the molecule is CC1CC(C)c2ccc(O)cc2N1. The van der Waals surface area contributed by atoms with Crippen LogP contribution in [0.25, 0.3) is 0 Å². The number of hydrogen-bond donors (Lipinski definition) is 2. The monoisotopic (exact) mass is 177 g/mol. The third-order valence-corrected chi connectivity index (χ3v) is 2.68. The fourth-order valence-corrected chi connectivity index (χ4v) is 2.08. The fourth-order valence-electron chi connectivity index (χ4n) is 2.08. The lowest BCUT2D eigenvalue weighted by Gasteiger charge is -2.29. The van der Waals surface area contributed by atoms with Crippen molar-refractivity contribution >= 4 is 5.69 Å². The van der Waals surface area contributed by atoms with Crippen molar-refractivity contribution in [3.8, 4) is 5.75 Å². The lowest BCUT2D eigenvalue weighted by atomic mass is 9.89. The van der Waals surface area contributed by atoms with Crippen LogP contribution in [0.15, 0.2) is 18.2 Å². The zero-order valence-corrected chi connectivity index (χ0v) is 8.04. The fraction of sp³-hybridized carbons (Fsp3) is 0.455. The predicted molar refractivity (Wildman–Crippen MR) is 54.2 cm³/mol. The van der Waals surface area contributed by atoms with Crippen LogP contribution in [0, 0.1) is 0 Å². The Labute approximate surface area is 78.6 Å². The second-order valence-corrected chi connectivity index (χ2v) is 3.95. The molecule has 0 amide bonds. The Morgan fingerprint density at radius 1 is 1.38 bits per heavy atom. The molecule has 1 aliphatic heterocycles. The quantitative estimate of drug-likeness (QED) is 0.638. The van der Waals surface area contributed by atoms with E-state index >= 15 is 0 Å². The highest BCUT2D eigenvalue weighted by Crippen LogP contribution is 2.35. The summed E-state index contributed by atoms with van der Waals surface area (Å²) in [6, 6.07) is 6.08. The van der Waals surface area contributed by atoms with Crippen LogP contribution in [0.3, 0.4) is 0 Å². The van der Waals surface area contributed by atoms with Crippen molar-refractivity contribution in [2.45, 2.75) is 32.2 Å². The largest absolute Gasteiger partial charge is 0.508 e. The first kappa shape index (κ1) is 8.42. The molecular weight excluding hydrogens is 162 g/mol. The molecule has 0 saturated carbocycles. The highest BCUT2D eigenvalue weighted by atomic mass is 16.3. The molecule has 2 heteroatoms. The third-order valence-electron chi connectivity index (χ3n) is 2.68. The second kappa shape index (κ2) is 2.95. The van der Waals surface area contributed by atoms with Gasteiger partial charge in [0.1, 0.15) is 5.75 Å². The van der Waals surface area contributed by atoms with Gasteiger partial charge in [0, 0.05) is 17.8 Å². The molecule has 1 aliphatic rings. The van der Waals surface area contributed by atoms with E-state index in [4.69, 9.17) is 0 Å². The van der Waals surface area contributed by atoms with Gasteiger partial charge in [0.2, 0.25) is 0 Å². The molecule has 0 aliphatic carbocycles. The molecule has 0 fully saturated rings. The zero-order valence-electron chi connectivity index (χ0n) is 8.04. The lowest BCUT2D eigenvalue weighted by molar-refractivity contribution is 0.474. The summed E-state index contributed by atoms with van der Waals surface area (Å²) in [5.41, 5.74) is 2.40. The van der Waals surface area contributed by atoms with Gasteiger partial charge in [-0.25, -0.2) is 0 Å². The van der Waals surface area contributed by atoms with Crippen LogP contribution < -0.4 is 5.32 Å². The van der Waals surface area contributed by atoms with Crippen molar-refractivity contribution in [3.05, 3.63) is 23.8 Å². The molecule has 2 nitrogen and oxygen atoms in total. The molecule has 0 bridgehead atoms. The van der Waals surface area contributed by atoms with Gasteiger partial charge in [0.25, 0.3) is 0 Å². The molecule has 0 saturated heterocycles. The minimum absolute atomic E-state index is 0.340. The average Bonchev–Trinajstić information content (AvgIpc) is 2.02. The molecule has 1 aromatic carbocycles. The van der Waals surface area contributed by atoms with Gasteiger partial charge in [-0.05, 0) is 30.9 Å². The van der Waals surface area contributed by atoms with Crippen molar-refractivity contribution < 1.29 is 5.11 Å². The summed E-state index contributed by atoms with van der Waals surface area (Å²) in [4.78, 5) is 0. The van der Waals surface area contributed by atoms with Crippen LogP contribution >= 0.6 is 0 Å². The standard InChI is InChI=1S/C11H15NO/c1-7-5-8(2)12-11-6-9(13)3-4-10(7)11/h3-4,6-8,12-13H,5H2,1-2H3. The first-order valence-electron chi connectivity index (χ1n) is 4.76. The van der Waals surface area contributed by atoms with E-state index in [0.717, 1.165) is 12.1 Å². The number of hydrogen-bond acceptors (Lipinski definition) is 2. The molecule has 2 N–H and O–H groups in total. The molecule has 0 aromatic heterocycles. The molecule has 1 heterocycles. The van der Waals surface area contributed by atoms with Crippen LogP contribution in [-0.4, -0.2) is 11.1 Å². The van der Waals surface area contributed by atoms with Crippen LogP contribution in [0.1, 0.15) is 31.7 Å². The number of rotatable bonds is 0. The molecule has 0 spiro atoms. The number of anilines is 1. The van der Waals surface area contributed by atoms with Gasteiger partial charge in [-0.15, -0.1) is 0 Å². The minimum Gasteiger partial charge on any atom is -0.508 e. The molecule has 2 unspecified atom stereocenters. The summed E-state index contributed by atoms with van der Waals surface area (Å²) in [5, 5.41) is 12.7. The molecule has 70 valence electrons. The first-order chi connectivity index (χ1) is 6.16. The number of phenols is 1. The van der Waals surface area contributed by atoms with E-state index in [1.54, 1.807) is 6.07 Å². The summed E-state index contributed by atoms with van der Waals surface area (Å²) in [7, 11) is 0. The molecule has 2 rings (SSSR count). The summed E-state index contributed by atoms with van der Waals surface area (Å²) < 4.78 is 0. The Kier molecular flexibility index (Phi) is 1.91. The number of phenolic OH excluding ortho intramolecular Hbond substituents is 1. The Bertz CT molecular complexity index is 322. The van der Waals surface area contributed by atoms with Crippen LogP contribution in [0.5, 0.6) is 5.75 Å². The Hall–Kier alpha value is -1.18. The summed E-state index contributed by atoms with van der Waals surface area (Å²) in [6.07, 6.45) is 1.16. The average molecular weight is 177 g/mol. The molecule has 13 heavy (non-hydrogen) atoms. The first-order valence-corrected chi connectivity index (χ1v) is 4.76. The molecule has 0 radical (unpaired) electrons. The number of aromatic hydroxyl groups is 1. The second-order valence-electron chi connectivity index (χ2n) is 3.95. The molecule has 2 atom stereocenters. The predicted octanol–water partition coefficient (Wildman–Crippen LogP) is 2.70. The maximum Gasteiger partial charge on any atom is 0.117 e. The van der Waals surface area contributed by atoms with Crippen LogP contribution in [-0.2, 0) is 0 Å². The van der Waals surface area contributed by atoms with Gasteiger partial charge in [0.05, 0.1) is 0 Å². The maximum atomic E-state index is 9.32. The van der Waals surface area contributed by atoms with E-state index in [1.165, 1.54) is 5.56 Å². The van der Waals surface area contributed by atoms with Gasteiger partial charge in [-0.2, -0.15) is 0 Å². The van der Waals surface area contributed by atoms with E-state index in [1.807, 2.05) is 12.1 Å². The van der Waals surface area contributed by atoms with Crippen LogP contribution in [0.2, 0.25) is 0 Å².